The summed E-state index contributed by atoms with van der Waals surface area (Å²) in [7, 11) is 0. The van der Waals surface area contributed by atoms with E-state index in [1.54, 1.807) is 0 Å². The highest BCUT2D eigenvalue weighted by molar-refractivity contribution is 5.94. The molecule has 1 N–H and O–H groups in total. The Morgan fingerprint density at radius 3 is 2.81 bits per heavy atom. The molecule has 1 aliphatic heterocycles. The van der Waals surface area contributed by atoms with Gasteiger partial charge in [-0.15, -0.1) is 0 Å². The summed E-state index contributed by atoms with van der Waals surface area (Å²) in [6.45, 7) is 8.28. The fourth-order valence-corrected chi connectivity index (χ4v) is 3.46. The van der Waals surface area contributed by atoms with Crippen LogP contribution in [-0.4, -0.2) is 37.0 Å². The van der Waals surface area contributed by atoms with E-state index in [-0.39, 0.29) is 5.91 Å². The highest BCUT2D eigenvalue weighted by atomic mass is 16.5. The minimum atomic E-state index is -0.0332. The van der Waals surface area contributed by atoms with Gasteiger partial charge in [0.2, 0.25) is 0 Å². The zero-order valence-electron chi connectivity index (χ0n) is 16.0. The van der Waals surface area contributed by atoms with Gasteiger partial charge < -0.3 is 15.0 Å². The third-order valence-corrected chi connectivity index (χ3v) is 5.32. The highest BCUT2D eigenvalue weighted by Gasteiger charge is 2.14. The molecule has 1 saturated heterocycles. The number of carbonyl (C=O) groups excluding carboxylic acids is 1. The molecule has 1 aliphatic carbocycles. The topological polar surface area (TPSA) is 41.6 Å². The SMILES string of the molecule is CC1=CC=C(Oc2cccc(C(=O)NCCN3CCCCC3)c2)CC1C. The number of nitrogens with zero attached hydrogens (tertiary/aromatic N) is 1. The Labute approximate surface area is 156 Å². The minimum Gasteiger partial charge on any atom is -0.462 e. The van der Waals surface area contributed by atoms with Crippen molar-refractivity contribution in [2.45, 2.75) is 39.5 Å². The Kier molecular flexibility index (Phi) is 6.51. The van der Waals surface area contributed by atoms with Crippen LogP contribution < -0.4 is 10.1 Å². The molecule has 4 nitrogen and oxygen atoms in total. The second-order valence-electron chi connectivity index (χ2n) is 7.44. The molecule has 4 heteroatoms. The van der Waals surface area contributed by atoms with E-state index in [9.17, 15) is 4.79 Å². The predicted octanol–water partition coefficient (Wildman–Crippen LogP) is 4.15. The van der Waals surface area contributed by atoms with Gasteiger partial charge in [0.05, 0.1) is 0 Å². The standard InChI is InChI=1S/C22H30N2O2/c1-17-9-10-21(15-18(17)2)26-20-8-6-7-19(16-20)22(25)23-11-14-24-12-4-3-5-13-24/h6-10,16,18H,3-5,11-15H2,1-2H3,(H,23,25). The fourth-order valence-electron chi connectivity index (χ4n) is 3.46. The summed E-state index contributed by atoms with van der Waals surface area (Å²) < 4.78 is 5.99. The van der Waals surface area contributed by atoms with E-state index in [1.165, 1.54) is 24.8 Å². The molecule has 0 radical (unpaired) electrons. The lowest BCUT2D eigenvalue weighted by atomic mass is 9.94. The molecular weight excluding hydrogens is 324 g/mol. The number of rotatable bonds is 6. The van der Waals surface area contributed by atoms with Crippen LogP contribution in [0.3, 0.4) is 0 Å². The average Bonchev–Trinajstić information content (AvgIpc) is 2.66. The third-order valence-electron chi connectivity index (χ3n) is 5.32. The first-order valence-corrected chi connectivity index (χ1v) is 9.77. The van der Waals surface area contributed by atoms with Crippen LogP contribution in [0.2, 0.25) is 0 Å². The number of allylic oxidation sites excluding steroid dienone is 4. The first kappa shape index (κ1) is 18.7. The lowest BCUT2D eigenvalue weighted by molar-refractivity contribution is 0.0946. The van der Waals surface area contributed by atoms with Crippen molar-refractivity contribution >= 4 is 5.91 Å². The van der Waals surface area contributed by atoms with E-state index < -0.39 is 0 Å². The molecule has 0 bridgehead atoms. The van der Waals surface area contributed by atoms with Crippen LogP contribution in [0.15, 0.2) is 47.7 Å². The minimum absolute atomic E-state index is 0.0332. The maximum atomic E-state index is 12.4. The Morgan fingerprint density at radius 2 is 2.04 bits per heavy atom. The van der Waals surface area contributed by atoms with Crippen LogP contribution in [0.4, 0.5) is 0 Å². The summed E-state index contributed by atoms with van der Waals surface area (Å²) in [5.74, 6) is 2.14. The van der Waals surface area contributed by atoms with Crippen LogP contribution in [0.5, 0.6) is 5.75 Å². The molecule has 0 spiro atoms. The zero-order chi connectivity index (χ0) is 18.4. The number of hydrogen-bond acceptors (Lipinski definition) is 3. The predicted molar refractivity (Wildman–Crippen MR) is 105 cm³/mol. The van der Waals surface area contributed by atoms with E-state index in [0.29, 0.717) is 18.0 Å². The Hall–Kier alpha value is -2.07. The molecule has 0 aromatic heterocycles. The lowest BCUT2D eigenvalue weighted by Gasteiger charge is -2.26. The number of hydrogen-bond donors (Lipinski definition) is 1. The molecule has 2 aliphatic rings. The van der Waals surface area contributed by atoms with E-state index in [0.717, 1.165) is 37.6 Å². The van der Waals surface area contributed by atoms with Gasteiger partial charge in [0, 0.05) is 25.1 Å². The number of benzene rings is 1. The van der Waals surface area contributed by atoms with E-state index in [4.69, 9.17) is 4.74 Å². The Bertz CT molecular complexity index is 687. The summed E-state index contributed by atoms with van der Waals surface area (Å²) in [5.41, 5.74) is 2.02. The summed E-state index contributed by atoms with van der Waals surface area (Å²) in [4.78, 5) is 14.8. The van der Waals surface area contributed by atoms with Gasteiger partial charge in [-0.2, -0.15) is 0 Å². The molecule has 1 unspecified atom stereocenters. The van der Waals surface area contributed by atoms with Gasteiger partial charge in [-0.3, -0.25) is 4.79 Å². The van der Waals surface area contributed by atoms with Gasteiger partial charge >= 0.3 is 0 Å². The van der Waals surface area contributed by atoms with Crippen LogP contribution in [0.1, 0.15) is 49.9 Å². The fraction of sp³-hybridized carbons (Fsp3) is 0.500. The largest absolute Gasteiger partial charge is 0.462 e. The normalized spacial score (nSPS) is 20.9. The second-order valence-corrected chi connectivity index (χ2v) is 7.44. The van der Waals surface area contributed by atoms with Gasteiger partial charge in [-0.1, -0.05) is 31.1 Å². The van der Waals surface area contributed by atoms with Crippen molar-refractivity contribution in [3.63, 3.8) is 0 Å². The number of carbonyl (C=O) groups is 1. The van der Waals surface area contributed by atoms with E-state index in [2.05, 4.69) is 30.1 Å². The molecule has 0 saturated carbocycles. The van der Waals surface area contributed by atoms with Crippen LogP contribution in [0, 0.1) is 5.92 Å². The molecular formula is C22H30N2O2. The zero-order valence-corrected chi connectivity index (χ0v) is 16.0. The quantitative estimate of drug-likeness (QED) is 0.834. The van der Waals surface area contributed by atoms with Crippen molar-refractivity contribution in [3.05, 3.63) is 53.3 Å². The molecule has 3 rings (SSSR count). The number of ether oxygens (including phenoxy) is 1. The number of likely N-dealkylation sites (tertiary alicyclic amines) is 1. The molecule has 1 atom stereocenters. The number of nitrogens with one attached hydrogen (secondary N) is 1. The second kappa shape index (κ2) is 9.04. The average molecular weight is 354 g/mol. The molecule has 1 fully saturated rings. The molecule has 1 aromatic carbocycles. The highest BCUT2D eigenvalue weighted by Crippen LogP contribution is 2.27. The maximum absolute atomic E-state index is 12.4. The molecule has 140 valence electrons. The van der Waals surface area contributed by atoms with Gasteiger partial charge in [0.25, 0.3) is 5.91 Å². The Balaban J connectivity index is 1.52. The van der Waals surface area contributed by atoms with Crippen molar-refractivity contribution in [1.82, 2.24) is 10.2 Å². The lowest BCUT2D eigenvalue weighted by Crippen LogP contribution is -2.37. The van der Waals surface area contributed by atoms with Crippen LogP contribution in [0.25, 0.3) is 0 Å². The summed E-state index contributed by atoms with van der Waals surface area (Å²) in [6, 6.07) is 7.45. The summed E-state index contributed by atoms with van der Waals surface area (Å²) >= 11 is 0. The van der Waals surface area contributed by atoms with Crippen molar-refractivity contribution in [2.75, 3.05) is 26.2 Å². The number of piperidine rings is 1. The first-order chi connectivity index (χ1) is 12.6. The van der Waals surface area contributed by atoms with Crippen LogP contribution in [-0.2, 0) is 0 Å². The van der Waals surface area contributed by atoms with Gasteiger partial charge in [0.1, 0.15) is 11.5 Å². The Morgan fingerprint density at radius 1 is 1.23 bits per heavy atom. The first-order valence-electron chi connectivity index (χ1n) is 9.77. The van der Waals surface area contributed by atoms with E-state index in [1.807, 2.05) is 30.3 Å². The van der Waals surface area contributed by atoms with E-state index >= 15 is 0 Å². The molecule has 1 aromatic rings. The van der Waals surface area contributed by atoms with Gasteiger partial charge in [-0.05, 0) is 63.0 Å². The summed E-state index contributed by atoms with van der Waals surface area (Å²) in [6.07, 6.45) is 8.92. The smallest absolute Gasteiger partial charge is 0.251 e. The van der Waals surface area contributed by atoms with Crippen LogP contribution >= 0.6 is 0 Å². The van der Waals surface area contributed by atoms with Crippen molar-refractivity contribution in [3.8, 4) is 5.75 Å². The molecule has 1 heterocycles. The maximum Gasteiger partial charge on any atom is 0.251 e. The van der Waals surface area contributed by atoms with Gasteiger partial charge in [-0.25, -0.2) is 0 Å². The summed E-state index contributed by atoms with van der Waals surface area (Å²) in [5, 5.41) is 3.03. The molecule has 1 amide bonds. The monoisotopic (exact) mass is 354 g/mol. The van der Waals surface area contributed by atoms with Crippen molar-refractivity contribution in [2.24, 2.45) is 5.92 Å². The third kappa shape index (κ3) is 5.21. The van der Waals surface area contributed by atoms with Crippen molar-refractivity contribution in [1.29, 1.82) is 0 Å². The van der Waals surface area contributed by atoms with Gasteiger partial charge in [0.15, 0.2) is 0 Å². The van der Waals surface area contributed by atoms with Crippen molar-refractivity contribution < 1.29 is 9.53 Å². The number of amides is 1. The molecule has 26 heavy (non-hydrogen) atoms.